The molecule has 0 atom stereocenters. The number of hydrogen-bond acceptors (Lipinski definition) is 2. The summed E-state index contributed by atoms with van der Waals surface area (Å²) in [5.41, 5.74) is 4.46. The monoisotopic (exact) mass is 413 g/mol. The maximum Gasteiger partial charge on any atom is 0.251 e. The highest BCUT2D eigenvalue weighted by molar-refractivity contribution is 5.96. The summed E-state index contributed by atoms with van der Waals surface area (Å²) in [4.78, 5) is 12.7. The molecule has 1 aliphatic carbocycles. The molecule has 31 heavy (non-hydrogen) atoms. The summed E-state index contributed by atoms with van der Waals surface area (Å²) < 4.78 is 16.6. The van der Waals surface area contributed by atoms with Crippen LogP contribution in [0.15, 0.2) is 66.9 Å². The van der Waals surface area contributed by atoms with Gasteiger partial charge in [-0.15, -0.1) is 0 Å². The Kier molecular flexibility index (Phi) is 5.02. The number of nitrogens with one attached hydrogen (secondary N) is 1. The first kappa shape index (κ1) is 19.5. The maximum atomic E-state index is 14.7. The van der Waals surface area contributed by atoms with Gasteiger partial charge in [-0.25, -0.2) is 9.07 Å². The number of carbonyl (C=O) groups is 1. The van der Waals surface area contributed by atoms with Crippen molar-refractivity contribution in [2.24, 2.45) is 0 Å². The zero-order chi connectivity index (χ0) is 21.4. The Balaban J connectivity index is 1.52. The quantitative estimate of drug-likeness (QED) is 0.459. The molecule has 0 saturated heterocycles. The van der Waals surface area contributed by atoms with E-state index in [1.807, 2.05) is 59.4 Å². The summed E-state index contributed by atoms with van der Waals surface area (Å²) in [6.45, 7) is 1.75. The standard InChI is InChI=1S/C26H24FN3O/c1-17-23(14-19(15-24(17)27)26(31)29-21-7-5-6-8-21)18-11-12-25-20(13-18)16-28-30(25)22-9-3-2-4-10-22/h2-4,9-16,21H,5-8H2,1H3,(H,29,31). The molecule has 0 radical (unpaired) electrons. The second-order valence-electron chi connectivity index (χ2n) is 8.25. The summed E-state index contributed by atoms with van der Waals surface area (Å²) in [6.07, 6.45) is 6.07. The maximum absolute atomic E-state index is 14.7. The van der Waals surface area contributed by atoms with Crippen LogP contribution < -0.4 is 5.32 Å². The van der Waals surface area contributed by atoms with Gasteiger partial charge in [0.1, 0.15) is 5.82 Å². The molecule has 1 saturated carbocycles. The Bertz CT molecular complexity index is 1260. The van der Waals surface area contributed by atoms with E-state index in [1.54, 1.807) is 13.0 Å². The number of fused-ring (bicyclic) bond motifs is 1. The number of benzene rings is 3. The minimum absolute atomic E-state index is 0.195. The second kappa shape index (κ2) is 7.99. The van der Waals surface area contributed by atoms with Crippen LogP contribution in [-0.4, -0.2) is 21.7 Å². The number of carbonyl (C=O) groups excluding carboxylic acids is 1. The molecule has 0 aliphatic heterocycles. The van der Waals surface area contributed by atoms with Crippen LogP contribution in [0, 0.1) is 12.7 Å². The van der Waals surface area contributed by atoms with Gasteiger partial charge in [-0.05, 0) is 72.9 Å². The molecule has 156 valence electrons. The Hall–Kier alpha value is -3.47. The largest absolute Gasteiger partial charge is 0.349 e. The Labute approximate surface area is 180 Å². The third-order valence-corrected chi connectivity index (χ3v) is 6.18. The van der Waals surface area contributed by atoms with Crippen LogP contribution in [0.3, 0.4) is 0 Å². The first-order valence-electron chi connectivity index (χ1n) is 10.7. The van der Waals surface area contributed by atoms with E-state index in [2.05, 4.69) is 10.4 Å². The summed E-state index contributed by atoms with van der Waals surface area (Å²) in [6, 6.07) is 19.2. The number of para-hydroxylation sites is 1. The molecule has 0 bridgehead atoms. The highest BCUT2D eigenvalue weighted by Gasteiger charge is 2.20. The van der Waals surface area contributed by atoms with Crippen molar-refractivity contribution in [1.82, 2.24) is 15.1 Å². The minimum Gasteiger partial charge on any atom is -0.349 e. The van der Waals surface area contributed by atoms with Crippen molar-refractivity contribution in [3.8, 4) is 16.8 Å². The fourth-order valence-corrected chi connectivity index (χ4v) is 4.42. The predicted octanol–water partition coefficient (Wildman–Crippen LogP) is 5.81. The van der Waals surface area contributed by atoms with Gasteiger partial charge in [0.05, 0.1) is 17.4 Å². The zero-order valence-corrected chi connectivity index (χ0v) is 17.4. The molecule has 1 aromatic heterocycles. The van der Waals surface area contributed by atoms with Crippen molar-refractivity contribution >= 4 is 16.8 Å². The topological polar surface area (TPSA) is 46.9 Å². The third kappa shape index (κ3) is 3.72. The molecule has 0 unspecified atom stereocenters. The highest BCUT2D eigenvalue weighted by atomic mass is 19.1. The van der Waals surface area contributed by atoms with E-state index in [1.165, 1.54) is 6.07 Å². The minimum atomic E-state index is -0.367. The van der Waals surface area contributed by atoms with Crippen molar-refractivity contribution in [3.63, 3.8) is 0 Å². The first-order chi connectivity index (χ1) is 15.1. The molecule has 3 aromatic carbocycles. The van der Waals surface area contributed by atoms with Crippen LogP contribution in [-0.2, 0) is 0 Å². The Morgan fingerprint density at radius 2 is 1.84 bits per heavy atom. The van der Waals surface area contributed by atoms with Gasteiger partial charge in [-0.2, -0.15) is 5.10 Å². The normalized spacial score (nSPS) is 14.3. The predicted molar refractivity (Wildman–Crippen MR) is 121 cm³/mol. The molecule has 5 heteroatoms. The van der Waals surface area contributed by atoms with Crippen molar-refractivity contribution in [2.75, 3.05) is 0 Å². The molecule has 0 spiro atoms. The fraction of sp³-hybridized carbons (Fsp3) is 0.231. The molecule has 5 rings (SSSR count). The highest BCUT2D eigenvalue weighted by Crippen LogP contribution is 2.30. The Morgan fingerprint density at radius 1 is 1.06 bits per heavy atom. The van der Waals surface area contributed by atoms with Crippen molar-refractivity contribution in [2.45, 2.75) is 38.6 Å². The number of nitrogens with zero attached hydrogens (tertiary/aromatic N) is 2. The van der Waals surface area contributed by atoms with Crippen LogP contribution in [0.1, 0.15) is 41.6 Å². The van der Waals surface area contributed by atoms with Crippen LogP contribution >= 0.6 is 0 Å². The number of aromatic nitrogens is 2. The molecule has 4 nitrogen and oxygen atoms in total. The summed E-state index contributed by atoms with van der Waals surface area (Å²) in [7, 11) is 0. The van der Waals surface area contributed by atoms with Crippen LogP contribution in [0.2, 0.25) is 0 Å². The molecule has 1 amide bonds. The van der Waals surface area contributed by atoms with Gasteiger partial charge in [0.2, 0.25) is 0 Å². The number of hydrogen-bond donors (Lipinski definition) is 1. The van der Waals surface area contributed by atoms with E-state index in [0.29, 0.717) is 11.1 Å². The lowest BCUT2D eigenvalue weighted by Gasteiger charge is -2.14. The van der Waals surface area contributed by atoms with Gasteiger partial charge in [0, 0.05) is 17.0 Å². The van der Waals surface area contributed by atoms with Crippen molar-refractivity contribution in [3.05, 3.63) is 83.8 Å². The van der Waals surface area contributed by atoms with Gasteiger partial charge >= 0.3 is 0 Å². The van der Waals surface area contributed by atoms with E-state index in [4.69, 9.17) is 0 Å². The van der Waals surface area contributed by atoms with Gasteiger partial charge in [0.25, 0.3) is 5.91 Å². The average molecular weight is 413 g/mol. The number of amides is 1. The third-order valence-electron chi connectivity index (χ3n) is 6.18. The fourth-order valence-electron chi connectivity index (χ4n) is 4.42. The van der Waals surface area contributed by atoms with Gasteiger partial charge in [-0.1, -0.05) is 37.1 Å². The van der Waals surface area contributed by atoms with Gasteiger partial charge < -0.3 is 5.32 Å². The van der Waals surface area contributed by atoms with Gasteiger partial charge in [-0.3, -0.25) is 4.79 Å². The molecule has 1 heterocycles. The molecule has 4 aromatic rings. The molecule has 1 fully saturated rings. The summed E-state index contributed by atoms with van der Waals surface area (Å²) in [5, 5.41) is 8.53. The lowest BCUT2D eigenvalue weighted by Crippen LogP contribution is -2.32. The van der Waals surface area contributed by atoms with Gasteiger partial charge in [0.15, 0.2) is 0 Å². The Morgan fingerprint density at radius 3 is 2.61 bits per heavy atom. The van der Waals surface area contributed by atoms with E-state index in [0.717, 1.165) is 53.4 Å². The zero-order valence-electron chi connectivity index (χ0n) is 17.4. The number of rotatable bonds is 4. The van der Waals surface area contributed by atoms with E-state index in [-0.39, 0.29) is 17.8 Å². The van der Waals surface area contributed by atoms with Crippen LogP contribution in [0.4, 0.5) is 4.39 Å². The van der Waals surface area contributed by atoms with E-state index >= 15 is 0 Å². The van der Waals surface area contributed by atoms with E-state index in [9.17, 15) is 9.18 Å². The molecule has 1 N–H and O–H groups in total. The average Bonchev–Trinajstić information content (AvgIpc) is 3.45. The summed E-state index contributed by atoms with van der Waals surface area (Å²) >= 11 is 0. The molecule has 1 aliphatic rings. The second-order valence-corrected chi connectivity index (χ2v) is 8.25. The smallest absolute Gasteiger partial charge is 0.251 e. The number of halogens is 1. The SMILES string of the molecule is Cc1c(F)cc(C(=O)NC2CCCC2)cc1-c1ccc2c(cnn2-c2ccccc2)c1. The lowest BCUT2D eigenvalue weighted by atomic mass is 9.96. The summed E-state index contributed by atoms with van der Waals surface area (Å²) in [5.74, 6) is -0.570. The van der Waals surface area contributed by atoms with Crippen molar-refractivity contribution in [1.29, 1.82) is 0 Å². The van der Waals surface area contributed by atoms with Crippen LogP contribution in [0.5, 0.6) is 0 Å². The lowest BCUT2D eigenvalue weighted by molar-refractivity contribution is 0.0937. The van der Waals surface area contributed by atoms with Crippen molar-refractivity contribution < 1.29 is 9.18 Å². The molecular formula is C26H24FN3O. The van der Waals surface area contributed by atoms with E-state index < -0.39 is 0 Å². The molecular weight excluding hydrogens is 389 g/mol. The first-order valence-corrected chi connectivity index (χ1v) is 10.7. The van der Waals surface area contributed by atoms with Crippen LogP contribution in [0.25, 0.3) is 27.7 Å².